The highest BCUT2D eigenvalue weighted by molar-refractivity contribution is 5.71. The van der Waals surface area contributed by atoms with Crippen molar-refractivity contribution in [2.24, 2.45) is 0 Å². The monoisotopic (exact) mass is 1090 g/mol. The zero-order valence-electron chi connectivity index (χ0n) is 50.8. The molecule has 0 amide bonds. The van der Waals surface area contributed by atoms with Crippen LogP contribution in [0.25, 0.3) is 0 Å². The van der Waals surface area contributed by atoms with Crippen molar-refractivity contribution in [1.29, 1.82) is 0 Å². The van der Waals surface area contributed by atoms with Crippen molar-refractivity contribution in [3.8, 4) is 0 Å². The molecule has 0 aromatic rings. The van der Waals surface area contributed by atoms with E-state index in [0.717, 1.165) is 109 Å². The highest BCUT2D eigenvalue weighted by Gasteiger charge is 2.19. The molecule has 1 unspecified atom stereocenters. The van der Waals surface area contributed by atoms with Gasteiger partial charge in [0.1, 0.15) is 13.2 Å². The van der Waals surface area contributed by atoms with E-state index in [1.54, 1.807) is 0 Å². The number of allylic oxidation sites excluding steroid dienone is 26. The third-order valence-electron chi connectivity index (χ3n) is 13.0. The molecule has 0 rings (SSSR count). The minimum atomic E-state index is -0.840. The second kappa shape index (κ2) is 65.5. The van der Waals surface area contributed by atoms with Gasteiger partial charge in [0.05, 0.1) is 0 Å². The molecule has 0 aliphatic rings. The van der Waals surface area contributed by atoms with Crippen LogP contribution in [0, 0.1) is 0 Å². The summed E-state index contributed by atoms with van der Waals surface area (Å²) in [5.41, 5.74) is 0. The number of unbranched alkanes of at least 4 members (excludes halogenated alkanes) is 19. The molecule has 1 atom stereocenters. The Morgan fingerprint density at radius 2 is 0.519 bits per heavy atom. The Morgan fingerprint density at radius 1 is 0.266 bits per heavy atom. The fraction of sp³-hybridized carbons (Fsp3) is 0.603. The zero-order chi connectivity index (χ0) is 57.1. The van der Waals surface area contributed by atoms with Crippen molar-refractivity contribution < 1.29 is 28.6 Å². The van der Waals surface area contributed by atoms with Gasteiger partial charge in [-0.15, -0.1) is 0 Å². The number of hydrogen-bond acceptors (Lipinski definition) is 6. The van der Waals surface area contributed by atoms with E-state index < -0.39 is 6.10 Å². The van der Waals surface area contributed by atoms with Gasteiger partial charge < -0.3 is 14.2 Å². The third-order valence-corrected chi connectivity index (χ3v) is 13.0. The summed E-state index contributed by atoms with van der Waals surface area (Å²) >= 11 is 0. The number of carbonyl (C=O) groups excluding carboxylic acids is 3. The van der Waals surface area contributed by atoms with E-state index in [1.807, 2.05) is 12.2 Å². The van der Waals surface area contributed by atoms with E-state index >= 15 is 0 Å². The SMILES string of the molecule is CC/C=C\C/C=C\C/C=C\C/C=C\C/C=C\C/C=C\CCCCC(=O)OC(COC(=O)CC/C=C\C/C=C\C/C=C\C/C=C\CC)COC(=O)CCCCCCCCCCCCCC/C=C\C/C=C\C/C=C\CCCCCCC. The first-order valence-electron chi connectivity index (χ1n) is 32.0. The largest absolute Gasteiger partial charge is 0.462 e. The second-order valence-corrected chi connectivity index (χ2v) is 20.5. The number of hydrogen-bond donors (Lipinski definition) is 0. The smallest absolute Gasteiger partial charge is 0.306 e. The topological polar surface area (TPSA) is 78.9 Å². The molecule has 0 saturated heterocycles. The van der Waals surface area contributed by atoms with Crippen molar-refractivity contribution in [2.45, 2.75) is 271 Å². The van der Waals surface area contributed by atoms with Gasteiger partial charge in [-0.1, -0.05) is 269 Å². The fourth-order valence-electron chi connectivity index (χ4n) is 8.29. The number of rotatable bonds is 56. The van der Waals surface area contributed by atoms with E-state index in [0.29, 0.717) is 19.3 Å². The fourth-order valence-corrected chi connectivity index (χ4v) is 8.29. The summed E-state index contributed by atoms with van der Waals surface area (Å²) in [5.74, 6) is -1.06. The van der Waals surface area contributed by atoms with E-state index in [1.165, 1.54) is 103 Å². The van der Waals surface area contributed by atoms with Gasteiger partial charge >= 0.3 is 17.9 Å². The van der Waals surface area contributed by atoms with E-state index in [2.05, 4.69) is 167 Å². The molecule has 0 N–H and O–H groups in total. The van der Waals surface area contributed by atoms with Crippen LogP contribution >= 0.6 is 0 Å². The van der Waals surface area contributed by atoms with Crippen LogP contribution in [0.3, 0.4) is 0 Å². The lowest BCUT2D eigenvalue weighted by Crippen LogP contribution is -2.30. The molecule has 0 aromatic heterocycles. The van der Waals surface area contributed by atoms with Gasteiger partial charge in [0.25, 0.3) is 0 Å². The average Bonchev–Trinajstić information content (AvgIpc) is 3.45. The predicted molar refractivity (Wildman–Crippen MR) is 343 cm³/mol. The molecular weight excluding hydrogens is 973 g/mol. The van der Waals surface area contributed by atoms with Gasteiger partial charge in [-0.3, -0.25) is 14.4 Å². The Balaban J connectivity index is 4.44. The van der Waals surface area contributed by atoms with Gasteiger partial charge in [0.15, 0.2) is 6.10 Å². The molecular formula is C73H116O6. The Hall–Kier alpha value is -4.97. The molecule has 0 fully saturated rings. The predicted octanol–water partition coefficient (Wildman–Crippen LogP) is 22.1. The molecule has 0 aliphatic heterocycles. The molecule has 0 heterocycles. The summed E-state index contributed by atoms with van der Waals surface area (Å²) in [4.78, 5) is 38.2. The maximum absolute atomic E-state index is 12.9. The molecule has 0 radical (unpaired) electrons. The first kappa shape index (κ1) is 74.0. The Labute approximate surface area is 486 Å². The van der Waals surface area contributed by atoms with Crippen LogP contribution in [0.2, 0.25) is 0 Å². The molecule has 0 bridgehead atoms. The van der Waals surface area contributed by atoms with Gasteiger partial charge in [0.2, 0.25) is 0 Å². The highest BCUT2D eigenvalue weighted by Crippen LogP contribution is 2.15. The normalized spacial score (nSPS) is 13.2. The molecule has 0 saturated carbocycles. The van der Waals surface area contributed by atoms with Crippen LogP contribution in [-0.4, -0.2) is 37.2 Å². The summed E-state index contributed by atoms with van der Waals surface area (Å²) < 4.78 is 16.8. The maximum Gasteiger partial charge on any atom is 0.306 e. The van der Waals surface area contributed by atoms with Crippen LogP contribution in [0.4, 0.5) is 0 Å². The lowest BCUT2D eigenvalue weighted by atomic mass is 10.0. The van der Waals surface area contributed by atoms with Crippen LogP contribution < -0.4 is 0 Å². The lowest BCUT2D eigenvalue weighted by Gasteiger charge is -2.18. The van der Waals surface area contributed by atoms with Crippen molar-refractivity contribution in [1.82, 2.24) is 0 Å². The third kappa shape index (κ3) is 63.7. The first-order chi connectivity index (χ1) is 39.0. The molecule has 6 nitrogen and oxygen atoms in total. The average molecular weight is 1090 g/mol. The first-order valence-corrected chi connectivity index (χ1v) is 32.0. The Bertz CT molecular complexity index is 1780. The lowest BCUT2D eigenvalue weighted by molar-refractivity contribution is -0.166. The summed E-state index contributed by atoms with van der Waals surface area (Å²) in [7, 11) is 0. The highest BCUT2D eigenvalue weighted by atomic mass is 16.6. The molecule has 0 spiro atoms. The van der Waals surface area contributed by atoms with Crippen molar-refractivity contribution in [3.05, 3.63) is 158 Å². The molecule has 444 valence electrons. The summed E-state index contributed by atoms with van der Waals surface area (Å²) in [5, 5.41) is 0. The molecule has 0 aromatic carbocycles. The zero-order valence-corrected chi connectivity index (χ0v) is 50.8. The standard InChI is InChI=1S/C73H116O6/c1-4-7-10-13-16-19-22-25-27-29-31-33-34-35-36-37-38-40-41-43-45-48-51-54-57-60-63-66-72(75)78-69-70(68-77-71(74)65-62-59-56-53-50-47-24-21-18-15-12-9-6-3)79-73(76)67-64-61-58-55-52-49-46-44-42-39-32-30-28-26-23-20-17-14-11-8-5-2/h8-9,11-12,17-18,20-22,25-26,28-29,31-32,34-35,39,44,46-47,50,52,55-56,59,70H,4-7,10,13-16,19,23-24,27,30,33,36-38,40-43,45,48-49,51,53-54,57-58,60-69H2,1-3H3/b11-8-,12-9-,20-17-,21-18-,25-22-,28-26-,31-29-,35-34-,39-32-,46-44-,50-47-,55-52-,59-56-. The van der Waals surface area contributed by atoms with Gasteiger partial charge in [-0.05, 0) is 135 Å². The Morgan fingerprint density at radius 3 is 0.873 bits per heavy atom. The van der Waals surface area contributed by atoms with Gasteiger partial charge in [0, 0.05) is 19.3 Å². The Kier molecular flexibility index (Phi) is 61.4. The minimum absolute atomic E-state index is 0.125. The second-order valence-electron chi connectivity index (χ2n) is 20.5. The number of esters is 3. The van der Waals surface area contributed by atoms with Crippen LogP contribution in [-0.2, 0) is 28.6 Å². The molecule has 0 aliphatic carbocycles. The van der Waals surface area contributed by atoms with Crippen molar-refractivity contribution in [3.63, 3.8) is 0 Å². The van der Waals surface area contributed by atoms with Crippen LogP contribution in [0.15, 0.2) is 158 Å². The molecule has 79 heavy (non-hydrogen) atoms. The minimum Gasteiger partial charge on any atom is -0.462 e. The molecule has 6 heteroatoms. The number of carbonyl (C=O) groups is 3. The summed E-state index contributed by atoms with van der Waals surface area (Å²) in [6.45, 7) is 6.29. The van der Waals surface area contributed by atoms with Crippen molar-refractivity contribution in [2.75, 3.05) is 13.2 Å². The summed E-state index contributed by atoms with van der Waals surface area (Å²) in [6, 6.07) is 0. The van der Waals surface area contributed by atoms with Gasteiger partial charge in [-0.2, -0.15) is 0 Å². The van der Waals surface area contributed by atoms with Gasteiger partial charge in [-0.25, -0.2) is 0 Å². The van der Waals surface area contributed by atoms with E-state index in [4.69, 9.17) is 14.2 Å². The van der Waals surface area contributed by atoms with Crippen LogP contribution in [0.5, 0.6) is 0 Å². The maximum atomic E-state index is 12.9. The quantitative estimate of drug-likeness (QED) is 0.0261. The van der Waals surface area contributed by atoms with Crippen LogP contribution in [0.1, 0.15) is 265 Å². The van der Waals surface area contributed by atoms with Crippen molar-refractivity contribution >= 4 is 17.9 Å². The number of ether oxygens (including phenoxy) is 3. The van der Waals surface area contributed by atoms with E-state index in [9.17, 15) is 14.4 Å². The van der Waals surface area contributed by atoms with E-state index in [-0.39, 0.29) is 44.0 Å². The summed E-state index contributed by atoms with van der Waals surface area (Å²) in [6.07, 6.45) is 95.6.